The Kier molecular flexibility index (Phi) is 6.10. The lowest BCUT2D eigenvalue weighted by molar-refractivity contribution is 0.177. The predicted molar refractivity (Wildman–Crippen MR) is 67.9 cm³/mol. The van der Waals surface area contributed by atoms with Gasteiger partial charge in [-0.05, 0) is 30.7 Å². The van der Waals surface area contributed by atoms with Gasteiger partial charge in [-0.25, -0.2) is 9.18 Å². The van der Waals surface area contributed by atoms with E-state index < -0.39 is 0 Å². The summed E-state index contributed by atoms with van der Waals surface area (Å²) >= 11 is 0. The number of carbonyl (C=O) groups is 1. The minimum Gasteiger partial charge on any atom is -0.383 e. The average molecular weight is 255 g/mol. The van der Waals surface area contributed by atoms with Crippen molar-refractivity contribution < 1.29 is 13.9 Å². The van der Waals surface area contributed by atoms with Crippen LogP contribution in [0.25, 0.3) is 0 Å². The molecule has 1 aromatic rings. The van der Waals surface area contributed by atoms with Gasteiger partial charge in [0.15, 0.2) is 0 Å². The second kappa shape index (κ2) is 7.62. The topological polar surface area (TPSA) is 76.4 Å². The molecule has 18 heavy (non-hydrogen) atoms. The van der Waals surface area contributed by atoms with Gasteiger partial charge in [0, 0.05) is 25.4 Å². The van der Waals surface area contributed by atoms with Crippen molar-refractivity contribution in [1.29, 1.82) is 0 Å². The Balaban J connectivity index is 2.23. The minimum absolute atomic E-state index is 0.0962. The van der Waals surface area contributed by atoms with E-state index in [-0.39, 0.29) is 17.9 Å². The Morgan fingerprint density at radius 3 is 2.72 bits per heavy atom. The number of nitrogens with two attached hydrogens (primary N) is 1. The molecule has 0 spiro atoms. The fourth-order valence-electron chi connectivity index (χ4n) is 1.38. The number of anilines is 1. The van der Waals surface area contributed by atoms with Crippen molar-refractivity contribution in [1.82, 2.24) is 5.32 Å². The number of carbonyl (C=O) groups excluding carboxylic acids is 1. The standard InChI is InChI=1S/C12H18FN3O2/c1-18-8-10(14)6-7-15-12(17)16-11-4-2-9(13)3-5-11/h2-5,10H,6-8,14H2,1H3,(H2,15,16,17). The van der Waals surface area contributed by atoms with Crippen molar-refractivity contribution in [3.8, 4) is 0 Å². The molecule has 0 aliphatic heterocycles. The maximum absolute atomic E-state index is 12.6. The summed E-state index contributed by atoms with van der Waals surface area (Å²) in [7, 11) is 1.58. The molecule has 4 N–H and O–H groups in total. The van der Waals surface area contributed by atoms with Crippen LogP contribution in [0, 0.1) is 5.82 Å². The normalized spacial score (nSPS) is 11.9. The molecule has 0 aliphatic rings. The highest BCUT2D eigenvalue weighted by Crippen LogP contribution is 2.07. The van der Waals surface area contributed by atoms with Crippen molar-refractivity contribution in [2.75, 3.05) is 25.6 Å². The minimum atomic E-state index is -0.341. The average Bonchev–Trinajstić information content (AvgIpc) is 2.32. The van der Waals surface area contributed by atoms with Crippen LogP contribution in [0.2, 0.25) is 0 Å². The summed E-state index contributed by atoms with van der Waals surface area (Å²) in [5.74, 6) is -0.341. The molecule has 100 valence electrons. The van der Waals surface area contributed by atoms with Crippen molar-refractivity contribution in [2.45, 2.75) is 12.5 Å². The van der Waals surface area contributed by atoms with Crippen LogP contribution in [-0.4, -0.2) is 32.3 Å². The highest BCUT2D eigenvalue weighted by atomic mass is 19.1. The van der Waals surface area contributed by atoms with E-state index >= 15 is 0 Å². The number of hydrogen-bond acceptors (Lipinski definition) is 3. The summed E-state index contributed by atoms with van der Waals surface area (Å²) in [6.45, 7) is 0.915. The highest BCUT2D eigenvalue weighted by molar-refractivity contribution is 5.89. The molecular weight excluding hydrogens is 237 g/mol. The zero-order chi connectivity index (χ0) is 13.4. The molecule has 1 atom stereocenters. The van der Waals surface area contributed by atoms with E-state index in [4.69, 9.17) is 10.5 Å². The van der Waals surface area contributed by atoms with E-state index in [0.29, 0.717) is 25.3 Å². The molecule has 0 heterocycles. The van der Waals surface area contributed by atoms with Gasteiger partial charge in [0.25, 0.3) is 0 Å². The van der Waals surface area contributed by atoms with E-state index in [1.54, 1.807) is 7.11 Å². The largest absolute Gasteiger partial charge is 0.383 e. The first-order chi connectivity index (χ1) is 8.61. The number of halogens is 1. The quantitative estimate of drug-likeness (QED) is 0.717. The van der Waals surface area contributed by atoms with Gasteiger partial charge in [-0.15, -0.1) is 0 Å². The number of rotatable bonds is 6. The maximum atomic E-state index is 12.6. The summed E-state index contributed by atoms with van der Waals surface area (Å²) in [4.78, 5) is 11.4. The Morgan fingerprint density at radius 2 is 2.11 bits per heavy atom. The van der Waals surface area contributed by atoms with Crippen LogP contribution in [0.5, 0.6) is 0 Å². The fraction of sp³-hybridized carbons (Fsp3) is 0.417. The van der Waals surface area contributed by atoms with E-state index in [1.807, 2.05) is 0 Å². The van der Waals surface area contributed by atoms with Gasteiger partial charge in [0.2, 0.25) is 0 Å². The number of urea groups is 1. The molecule has 0 radical (unpaired) electrons. The van der Waals surface area contributed by atoms with Crippen LogP contribution in [0.3, 0.4) is 0 Å². The lowest BCUT2D eigenvalue weighted by atomic mass is 10.2. The number of hydrogen-bond donors (Lipinski definition) is 3. The predicted octanol–water partition coefficient (Wildman–Crippen LogP) is 1.31. The van der Waals surface area contributed by atoms with Gasteiger partial charge in [0.05, 0.1) is 6.61 Å². The van der Waals surface area contributed by atoms with E-state index in [1.165, 1.54) is 24.3 Å². The molecule has 0 aromatic heterocycles. The summed E-state index contributed by atoms with van der Waals surface area (Å²) < 4.78 is 17.5. The Bertz CT molecular complexity index is 370. The monoisotopic (exact) mass is 255 g/mol. The summed E-state index contributed by atoms with van der Waals surface area (Å²) in [5, 5.41) is 5.24. The first-order valence-corrected chi connectivity index (χ1v) is 5.66. The molecule has 0 aliphatic carbocycles. The number of methoxy groups -OCH3 is 1. The van der Waals surface area contributed by atoms with E-state index in [9.17, 15) is 9.18 Å². The second-order valence-corrected chi connectivity index (χ2v) is 3.89. The third-order valence-electron chi connectivity index (χ3n) is 2.28. The van der Waals surface area contributed by atoms with Crippen molar-refractivity contribution in [3.05, 3.63) is 30.1 Å². The Labute approximate surface area is 106 Å². The summed E-state index contributed by atoms with van der Waals surface area (Å²) in [6.07, 6.45) is 0.630. The molecule has 1 unspecified atom stereocenters. The SMILES string of the molecule is COCC(N)CCNC(=O)Nc1ccc(F)cc1. The van der Waals surface area contributed by atoms with Crippen molar-refractivity contribution >= 4 is 11.7 Å². The van der Waals surface area contributed by atoms with Crippen LogP contribution in [-0.2, 0) is 4.74 Å². The summed E-state index contributed by atoms with van der Waals surface area (Å²) in [5.41, 5.74) is 6.24. The number of nitrogens with one attached hydrogen (secondary N) is 2. The molecule has 2 amide bonds. The first-order valence-electron chi connectivity index (χ1n) is 5.66. The second-order valence-electron chi connectivity index (χ2n) is 3.89. The molecule has 0 fully saturated rings. The number of amides is 2. The molecule has 1 aromatic carbocycles. The van der Waals surface area contributed by atoms with Gasteiger partial charge in [-0.3, -0.25) is 0 Å². The molecule has 5 nitrogen and oxygen atoms in total. The van der Waals surface area contributed by atoms with Crippen molar-refractivity contribution in [3.63, 3.8) is 0 Å². The van der Waals surface area contributed by atoms with Gasteiger partial charge in [-0.1, -0.05) is 0 Å². The summed E-state index contributed by atoms with van der Waals surface area (Å²) in [6, 6.07) is 5.11. The smallest absolute Gasteiger partial charge is 0.319 e. The molecule has 6 heteroatoms. The van der Waals surface area contributed by atoms with E-state index in [2.05, 4.69) is 10.6 Å². The molecule has 0 saturated carbocycles. The Morgan fingerprint density at radius 1 is 1.44 bits per heavy atom. The van der Waals surface area contributed by atoms with Crippen LogP contribution < -0.4 is 16.4 Å². The first kappa shape index (κ1) is 14.4. The van der Waals surface area contributed by atoms with Gasteiger partial charge in [-0.2, -0.15) is 0 Å². The van der Waals surface area contributed by atoms with Crippen molar-refractivity contribution in [2.24, 2.45) is 5.73 Å². The zero-order valence-corrected chi connectivity index (χ0v) is 10.3. The Hall–Kier alpha value is -1.66. The van der Waals surface area contributed by atoms with Gasteiger partial charge in [0.1, 0.15) is 5.82 Å². The maximum Gasteiger partial charge on any atom is 0.319 e. The van der Waals surface area contributed by atoms with Crippen LogP contribution in [0.4, 0.5) is 14.9 Å². The molecular formula is C12H18FN3O2. The van der Waals surface area contributed by atoms with Gasteiger partial charge < -0.3 is 21.1 Å². The third kappa shape index (κ3) is 5.60. The molecule has 0 bridgehead atoms. The zero-order valence-electron chi connectivity index (χ0n) is 10.3. The van der Waals surface area contributed by atoms with Gasteiger partial charge >= 0.3 is 6.03 Å². The number of ether oxygens (including phenoxy) is 1. The third-order valence-corrected chi connectivity index (χ3v) is 2.28. The lowest BCUT2D eigenvalue weighted by Gasteiger charge is -2.11. The molecule has 0 saturated heterocycles. The lowest BCUT2D eigenvalue weighted by Crippen LogP contribution is -2.34. The van der Waals surface area contributed by atoms with E-state index in [0.717, 1.165) is 0 Å². The van der Waals surface area contributed by atoms with Crippen LogP contribution in [0.15, 0.2) is 24.3 Å². The number of benzene rings is 1. The van der Waals surface area contributed by atoms with Crippen LogP contribution in [0.1, 0.15) is 6.42 Å². The van der Waals surface area contributed by atoms with Crippen LogP contribution >= 0.6 is 0 Å². The molecule has 1 rings (SSSR count). The highest BCUT2D eigenvalue weighted by Gasteiger charge is 2.04. The fourth-order valence-corrected chi connectivity index (χ4v) is 1.38.